The molecular formula is C8H10IN. The van der Waals surface area contributed by atoms with Crippen LogP contribution >= 0.6 is 24.0 Å². The largest absolute Gasteiger partial charge is 0.399 e. The van der Waals surface area contributed by atoms with Gasteiger partial charge in [0.15, 0.2) is 0 Å². The van der Waals surface area contributed by atoms with Crippen LogP contribution in [0.1, 0.15) is 5.56 Å². The van der Waals surface area contributed by atoms with Gasteiger partial charge in [0.25, 0.3) is 0 Å². The van der Waals surface area contributed by atoms with Crippen LogP contribution in [0, 0.1) is 0 Å². The Balaban J connectivity index is 0.000000810. The summed E-state index contributed by atoms with van der Waals surface area (Å²) in [5, 5.41) is 0. The summed E-state index contributed by atoms with van der Waals surface area (Å²) < 4.78 is 0. The van der Waals surface area contributed by atoms with Crippen LogP contribution < -0.4 is 5.73 Å². The second-order valence-corrected chi connectivity index (χ2v) is 1.87. The van der Waals surface area contributed by atoms with Crippen LogP contribution in [0.25, 0.3) is 6.08 Å². The highest BCUT2D eigenvalue weighted by Crippen LogP contribution is 2.05. The van der Waals surface area contributed by atoms with E-state index in [4.69, 9.17) is 5.73 Å². The Morgan fingerprint density at radius 1 is 1.20 bits per heavy atom. The molecule has 0 heterocycles. The molecule has 2 N–H and O–H groups in total. The maximum atomic E-state index is 5.45. The second-order valence-electron chi connectivity index (χ2n) is 1.87. The van der Waals surface area contributed by atoms with Crippen molar-refractivity contribution in [3.8, 4) is 0 Å². The number of hydrogen-bond donors (Lipinski definition) is 1. The fourth-order valence-electron chi connectivity index (χ4n) is 0.632. The zero-order valence-electron chi connectivity index (χ0n) is 5.58. The van der Waals surface area contributed by atoms with E-state index in [-0.39, 0.29) is 24.0 Å². The Morgan fingerprint density at radius 2 is 1.70 bits per heavy atom. The van der Waals surface area contributed by atoms with Crippen LogP contribution in [0.2, 0.25) is 0 Å². The molecule has 0 saturated heterocycles. The molecule has 54 valence electrons. The highest BCUT2D eigenvalue weighted by molar-refractivity contribution is 14.0. The quantitative estimate of drug-likeness (QED) is 0.598. The van der Waals surface area contributed by atoms with Gasteiger partial charge in [-0.15, -0.1) is 24.0 Å². The van der Waals surface area contributed by atoms with Gasteiger partial charge in [-0.2, -0.15) is 0 Å². The topological polar surface area (TPSA) is 26.0 Å². The van der Waals surface area contributed by atoms with Gasteiger partial charge in [0.1, 0.15) is 0 Å². The van der Waals surface area contributed by atoms with Crippen LogP contribution in [-0.2, 0) is 0 Å². The average Bonchev–Trinajstić information content (AvgIpc) is 1.90. The molecule has 1 rings (SSSR count). The second kappa shape index (κ2) is 4.33. The van der Waals surface area contributed by atoms with Gasteiger partial charge in [0.2, 0.25) is 0 Å². The molecule has 0 aliphatic carbocycles. The van der Waals surface area contributed by atoms with Crippen molar-refractivity contribution in [2.75, 3.05) is 5.73 Å². The first kappa shape index (κ1) is 9.49. The third-order valence-corrected chi connectivity index (χ3v) is 1.17. The first-order valence-electron chi connectivity index (χ1n) is 2.81. The number of halogens is 1. The third-order valence-electron chi connectivity index (χ3n) is 1.17. The van der Waals surface area contributed by atoms with E-state index in [1.54, 1.807) is 6.08 Å². The fourth-order valence-corrected chi connectivity index (χ4v) is 0.632. The highest BCUT2D eigenvalue weighted by atomic mass is 127. The van der Waals surface area contributed by atoms with Gasteiger partial charge >= 0.3 is 0 Å². The van der Waals surface area contributed by atoms with Crippen LogP contribution in [0.15, 0.2) is 30.8 Å². The van der Waals surface area contributed by atoms with E-state index in [1.165, 1.54) is 0 Å². The van der Waals surface area contributed by atoms with Gasteiger partial charge < -0.3 is 5.73 Å². The van der Waals surface area contributed by atoms with Crippen molar-refractivity contribution >= 4 is 35.7 Å². The molecule has 0 aliphatic rings. The molecule has 0 amide bonds. The van der Waals surface area contributed by atoms with E-state index in [0.717, 1.165) is 11.3 Å². The van der Waals surface area contributed by atoms with Gasteiger partial charge in [-0.3, -0.25) is 0 Å². The summed E-state index contributed by atoms with van der Waals surface area (Å²) in [5.41, 5.74) is 7.34. The van der Waals surface area contributed by atoms with Crippen LogP contribution in [0.5, 0.6) is 0 Å². The minimum absolute atomic E-state index is 0. The summed E-state index contributed by atoms with van der Waals surface area (Å²) in [5.74, 6) is 0. The summed E-state index contributed by atoms with van der Waals surface area (Å²) in [6.07, 6.45) is 1.79. The Kier molecular flexibility index (Phi) is 4.11. The van der Waals surface area contributed by atoms with Gasteiger partial charge in [-0.25, -0.2) is 0 Å². The number of nitrogen functional groups attached to an aromatic ring is 1. The highest BCUT2D eigenvalue weighted by Gasteiger charge is 1.82. The summed E-state index contributed by atoms with van der Waals surface area (Å²) in [7, 11) is 0. The summed E-state index contributed by atoms with van der Waals surface area (Å²) >= 11 is 0. The summed E-state index contributed by atoms with van der Waals surface area (Å²) in [6.45, 7) is 3.62. The van der Waals surface area contributed by atoms with Gasteiger partial charge in [-0.05, 0) is 17.7 Å². The van der Waals surface area contributed by atoms with E-state index in [9.17, 15) is 0 Å². The predicted molar refractivity (Wildman–Crippen MR) is 56.4 cm³/mol. The number of hydrogen-bond acceptors (Lipinski definition) is 1. The molecule has 0 fully saturated rings. The van der Waals surface area contributed by atoms with E-state index in [0.29, 0.717) is 0 Å². The molecule has 0 radical (unpaired) electrons. The van der Waals surface area contributed by atoms with Crippen LogP contribution in [0.4, 0.5) is 5.69 Å². The van der Waals surface area contributed by atoms with Crippen LogP contribution in [0.3, 0.4) is 0 Å². The SMILES string of the molecule is C=Cc1ccc(N)cc1.I. The molecule has 1 nitrogen and oxygen atoms in total. The average molecular weight is 247 g/mol. The normalized spacial score (nSPS) is 8.00. The molecule has 1 aromatic carbocycles. The number of nitrogens with two attached hydrogens (primary N) is 1. The molecule has 0 bridgehead atoms. The molecule has 1 aromatic rings. The lowest BCUT2D eigenvalue weighted by Crippen LogP contribution is -1.81. The Bertz CT molecular complexity index is 203. The molecule has 0 saturated carbocycles. The number of anilines is 1. The third kappa shape index (κ3) is 2.39. The molecular weight excluding hydrogens is 237 g/mol. The molecule has 0 aliphatic heterocycles. The van der Waals surface area contributed by atoms with E-state index in [1.807, 2.05) is 24.3 Å². The van der Waals surface area contributed by atoms with Gasteiger partial charge in [-0.1, -0.05) is 24.8 Å². The minimum Gasteiger partial charge on any atom is -0.399 e. The Labute approximate surface area is 78.0 Å². The van der Waals surface area contributed by atoms with Crippen LogP contribution in [-0.4, -0.2) is 0 Å². The summed E-state index contributed by atoms with van der Waals surface area (Å²) in [6, 6.07) is 7.58. The van der Waals surface area contributed by atoms with Crippen molar-refractivity contribution in [2.24, 2.45) is 0 Å². The van der Waals surface area contributed by atoms with Gasteiger partial charge in [0.05, 0.1) is 0 Å². The lowest BCUT2D eigenvalue weighted by molar-refractivity contribution is 1.65. The Hall–Kier alpha value is -0.510. The first-order chi connectivity index (χ1) is 4.33. The molecule has 10 heavy (non-hydrogen) atoms. The first-order valence-corrected chi connectivity index (χ1v) is 2.81. The van der Waals surface area contributed by atoms with E-state index >= 15 is 0 Å². The molecule has 0 aromatic heterocycles. The lowest BCUT2D eigenvalue weighted by Gasteiger charge is -1.91. The summed E-state index contributed by atoms with van der Waals surface area (Å²) in [4.78, 5) is 0. The predicted octanol–water partition coefficient (Wildman–Crippen LogP) is 2.53. The zero-order valence-corrected chi connectivity index (χ0v) is 7.91. The standard InChI is InChI=1S/C8H9N.HI/c1-2-7-3-5-8(9)6-4-7;/h2-6H,1,9H2;1H. The molecule has 0 atom stereocenters. The van der Waals surface area contributed by atoms with Crippen molar-refractivity contribution in [3.63, 3.8) is 0 Å². The van der Waals surface area contributed by atoms with E-state index < -0.39 is 0 Å². The van der Waals surface area contributed by atoms with E-state index in [2.05, 4.69) is 6.58 Å². The number of rotatable bonds is 1. The van der Waals surface area contributed by atoms with Crippen molar-refractivity contribution in [1.29, 1.82) is 0 Å². The monoisotopic (exact) mass is 247 g/mol. The Morgan fingerprint density at radius 3 is 2.10 bits per heavy atom. The van der Waals surface area contributed by atoms with Crippen molar-refractivity contribution < 1.29 is 0 Å². The maximum absolute atomic E-state index is 5.45. The van der Waals surface area contributed by atoms with Crippen molar-refractivity contribution in [3.05, 3.63) is 36.4 Å². The number of benzene rings is 1. The molecule has 2 heteroatoms. The molecule has 0 unspecified atom stereocenters. The van der Waals surface area contributed by atoms with Gasteiger partial charge in [0, 0.05) is 5.69 Å². The maximum Gasteiger partial charge on any atom is 0.0314 e. The zero-order chi connectivity index (χ0) is 6.69. The minimum atomic E-state index is 0. The van der Waals surface area contributed by atoms with Crippen molar-refractivity contribution in [1.82, 2.24) is 0 Å². The smallest absolute Gasteiger partial charge is 0.0314 e. The lowest BCUT2D eigenvalue weighted by atomic mass is 10.2. The molecule has 0 spiro atoms. The van der Waals surface area contributed by atoms with Crippen molar-refractivity contribution in [2.45, 2.75) is 0 Å². The fraction of sp³-hybridized carbons (Fsp3) is 0.